The minimum absolute atomic E-state index is 0.00349. The molecule has 2 aliphatic heterocycles. The van der Waals surface area contributed by atoms with Crippen molar-refractivity contribution in [3.05, 3.63) is 83.4 Å². The van der Waals surface area contributed by atoms with Crippen LogP contribution in [-0.4, -0.2) is 59.4 Å². The highest BCUT2D eigenvalue weighted by Crippen LogP contribution is 2.33. The third kappa shape index (κ3) is 4.04. The topological polar surface area (TPSA) is 125 Å². The Morgan fingerprint density at radius 3 is 2.39 bits per heavy atom. The van der Waals surface area contributed by atoms with Crippen LogP contribution in [0.3, 0.4) is 0 Å². The molecule has 9 heteroatoms. The summed E-state index contributed by atoms with van der Waals surface area (Å²) in [5.74, 6) is -1.83. The van der Waals surface area contributed by atoms with E-state index < -0.39 is 29.9 Å². The van der Waals surface area contributed by atoms with Gasteiger partial charge >= 0.3 is 5.97 Å². The summed E-state index contributed by atoms with van der Waals surface area (Å²) in [6.45, 7) is 0.272. The number of benzene rings is 3. The molecule has 0 radical (unpaired) electrons. The number of fused-ring (bicyclic) bond motifs is 2. The van der Waals surface area contributed by atoms with Crippen LogP contribution in [0.15, 0.2) is 66.7 Å². The van der Waals surface area contributed by atoms with Gasteiger partial charge in [0.15, 0.2) is 0 Å². The lowest BCUT2D eigenvalue weighted by Crippen LogP contribution is -2.51. The molecule has 0 spiro atoms. The molecule has 36 heavy (non-hydrogen) atoms. The van der Waals surface area contributed by atoms with E-state index in [2.05, 4.69) is 10.6 Å². The third-order valence-corrected chi connectivity index (χ3v) is 6.58. The average molecular weight is 485 g/mol. The van der Waals surface area contributed by atoms with Crippen LogP contribution in [0.25, 0.3) is 11.1 Å². The van der Waals surface area contributed by atoms with Crippen LogP contribution in [-0.2, 0) is 4.79 Å². The maximum atomic E-state index is 13.5. The predicted molar refractivity (Wildman–Crippen MR) is 131 cm³/mol. The van der Waals surface area contributed by atoms with Crippen molar-refractivity contribution in [3.8, 4) is 16.9 Å². The first-order chi connectivity index (χ1) is 17.4. The number of hydrogen-bond donors (Lipinski definition) is 3. The highest BCUT2D eigenvalue weighted by molar-refractivity contribution is 6.11. The van der Waals surface area contributed by atoms with Crippen molar-refractivity contribution in [2.75, 3.05) is 19.0 Å². The van der Waals surface area contributed by atoms with E-state index >= 15 is 0 Å². The fourth-order valence-electron chi connectivity index (χ4n) is 4.76. The number of nitrogens with one attached hydrogen (secondary N) is 2. The smallest absolute Gasteiger partial charge is 0.336 e. The summed E-state index contributed by atoms with van der Waals surface area (Å²) >= 11 is 0. The summed E-state index contributed by atoms with van der Waals surface area (Å²) in [5, 5.41) is 15.0. The van der Waals surface area contributed by atoms with E-state index in [1.54, 1.807) is 25.3 Å². The quantitative estimate of drug-likeness (QED) is 0.510. The van der Waals surface area contributed by atoms with Crippen LogP contribution in [0.1, 0.15) is 37.5 Å². The van der Waals surface area contributed by atoms with Gasteiger partial charge in [-0.25, -0.2) is 4.79 Å². The van der Waals surface area contributed by atoms with Gasteiger partial charge in [0, 0.05) is 6.54 Å². The molecule has 0 aromatic heterocycles. The average Bonchev–Trinajstić information content (AvgIpc) is 3.27. The van der Waals surface area contributed by atoms with Gasteiger partial charge in [-0.3, -0.25) is 14.4 Å². The van der Waals surface area contributed by atoms with Crippen LogP contribution in [0.4, 0.5) is 5.69 Å². The third-order valence-electron chi connectivity index (χ3n) is 6.58. The van der Waals surface area contributed by atoms with Crippen LogP contribution < -0.4 is 15.4 Å². The molecule has 3 aromatic rings. The number of anilines is 1. The first-order valence-electron chi connectivity index (χ1n) is 11.4. The second kappa shape index (κ2) is 9.18. The predicted octanol–water partition coefficient (Wildman–Crippen LogP) is 3.03. The zero-order valence-corrected chi connectivity index (χ0v) is 19.4. The molecule has 0 saturated carbocycles. The van der Waals surface area contributed by atoms with Crippen LogP contribution >= 0.6 is 0 Å². The molecular formula is C27H23N3O6. The van der Waals surface area contributed by atoms with Crippen molar-refractivity contribution in [1.82, 2.24) is 10.2 Å². The number of nitrogens with zero attached hydrogens (tertiary/aromatic N) is 1. The van der Waals surface area contributed by atoms with Gasteiger partial charge in [-0.05, 0) is 53.9 Å². The van der Waals surface area contributed by atoms with Crippen molar-refractivity contribution in [1.29, 1.82) is 0 Å². The number of methoxy groups -OCH3 is 1. The lowest BCUT2D eigenvalue weighted by Gasteiger charge is -2.25. The summed E-state index contributed by atoms with van der Waals surface area (Å²) in [4.78, 5) is 52.6. The molecule has 1 fully saturated rings. The first-order valence-corrected chi connectivity index (χ1v) is 11.4. The van der Waals surface area contributed by atoms with Crippen molar-refractivity contribution in [3.63, 3.8) is 0 Å². The van der Waals surface area contributed by atoms with Gasteiger partial charge in [0.05, 0.1) is 35.5 Å². The van der Waals surface area contributed by atoms with E-state index in [0.717, 1.165) is 16.9 Å². The van der Waals surface area contributed by atoms with Gasteiger partial charge in [0.2, 0.25) is 5.91 Å². The molecule has 3 amide bonds. The molecule has 0 bridgehead atoms. The van der Waals surface area contributed by atoms with Crippen molar-refractivity contribution in [2.45, 2.75) is 18.5 Å². The Morgan fingerprint density at radius 2 is 1.69 bits per heavy atom. The van der Waals surface area contributed by atoms with Gasteiger partial charge in [0.1, 0.15) is 11.8 Å². The summed E-state index contributed by atoms with van der Waals surface area (Å²) in [7, 11) is 1.59. The molecule has 182 valence electrons. The van der Waals surface area contributed by atoms with E-state index in [9.17, 15) is 24.3 Å². The number of aromatic carboxylic acids is 1. The Hall–Kier alpha value is -4.66. The van der Waals surface area contributed by atoms with Gasteiger partial charge < -0.3 is 25.4 Å². The standard InChI is InChI=1S/C27H23N3O6/c1-36-17-9-6-15(7-10-17)16-8-11-21-20(14-16)26(33)30-13-12-22(23(30)25(32)28-21)29-24(31)18-4-2-3-5-19(18)27(34)35/h2-11,14,22-23H,12-13H2,1H3,(H,28,32)(H,29,31)(H,34,35)/t22-,23-/m0/s1. The Labute approximate surface area is 206 Å². The van der Waals surface area contributed by atoms with Crippen LogP contribution in [0.2, 0.25) is 0 Å². The molecule has 0 aliphatic carbocycles. The molecule has 2 aliphatic rings. The molecule has 2 atom stereocenters. The zero-order valence-electron chi connectivity index (χ0n) is 19.4. The lowest BCUT2D eigenvalue weighted by molar-refractivity contribution is -0.120. The number of amides is 3. The minimum atomic E-state index is -1.22. The normalized spacial score (nSPS) is 18.5. The number of carboxylic acid groups (broad SMARTS) is 1. The van der Waals surface area contributed by atoms with E-state index in [1.165, 1.54) is 23.1 Å². The number of carboxylic acids is 1. The molecule has 3 N–H and O–H groups in total. The number of carbonyl (C=O) groups excluding carboxylic acids is 3. The first kappa shape index (κ1) is 23.1. The Balaban J connectivity index is 1.41. The number of rotatable bonds is 5. The largest absolute Gasteiger partial charge is 0.497 e. The Kier molecular flexibility index (Phi) is 5.89. The Morgan fingerprint density at radius 1 is 1.00 bits per heavy atom. The van der Waals surface area contributed by atoms with Crippen LogP contribution in [0.5, 0.6) is 5.75 Å². The van der Waals surface area contributed by atoms with E-state index in [1.807, 2.05) is 30.3 Å². The minimum Gasteiger partial charge on any atom is -0.497 e. The number of hydrogen-bond acceptors (Lipinski definition) is 5. The highest BCUT2D eigenvalue weighted by Gasteiger charge is 2.45. The summed E-state index contributed by atoms with van der Waals surface area (Å²) in [6, 6.07) is 17.0. The highest BCUT2D eigenvalue weighted by atomic mass is 16.5. The second-order valence-electron chi connectivity index (χ2n) is 8.64. The molecule has 0 unspecified atom stereocenters. The monoisotopic (exact) mass is 485 g/mol. The molecule has 1 saturated heterocycles. The number of ether oxygens (including phenoxy) is 1. The summed E-state index contributed by atoms with van der Waals surface area (Å²) in [6.07, 6.45) is 0.359. The van der Waals surface area contributed by atoms with Gasteiger partial charge in [0.25, 0.3) is 11.8 Å². The van der Waals surface area contributed by atoms with Crippen molar-refractivity contribution in [2.24, 2.45) is 0 Å². The van der Waals surface area contributed by atoms with Gasteiger partial charge in [-0.15, -0.1) is 0 Å². The van der Waals surface area contributed by atoms with Crippen molar-refractivity contribution >= 4 is 29.4 Å². The van der Waals surface area contributed by atoms with E-state index in [-0.39, 0.29) is 23.6 Å². The zero-order chi connectivity index (χ0) is 25.4. The summed E-state index contributed by atoms with van der Waals surface area (Å²) in [5.41, 5.74) is 2.33. The second-order valence-corrected chi connectivity index (χ2v) is 8.64. The van der Waals surface area contributed by atoms with Crippen molar-refractivity contribution < 1.29 is 29.0 Å². The molecule has 2 heterocycles. The van der Waals surface area contributed by atoms with Gasteiger partial charge in [-0.1, -0.05) is 30.3 Å². The van der Waals surface area contributed by atoms with Crippen LogP contribution in [0, 0.1) is 0 Å². The Bertz CT molecular complexity index is 1380. The fraction of sp³-hybridized carbons (Fsp3) is 0.185. The lowest BCUT2D eigenvalue weighted by atomic mass is 10.0. The number of carbonyl (C=O) groups is 4. The molecule has 9 nitrogen and oxygen atoms in total. The molecule has 3 aromatic carbocycles. The van der Waals surface area contributed by atoms with E-state index in [0.29, 0.717) is 17.7 Å². The fourth-order valence-corrected chi connectivity index (χ4v) is 4.76. The SMILES string of the molecule is COc1ccc(-c2ccc3c(c2)C(=O)N2CC[C@H](NC(=O)c4ccccc4C(=O)O)[C@H]2C(=O)N3)cc1. The van der Waals surface area contributed by atoms with Gasteiger partial charge in [-0.2, -0.15) is 0 Å². The maximum Gasteiger partial charge on any atom is 0.336 e. The maximum absolute atomic E-state index is 13.5. The molecule has 5 rings (SSSR count). The van der Waals surface area contributed by atoms with E-state index in [4.69, 9.17) is 4.74 Å². The summed E-state index contributed by atoms with van der Waals surface area (Å²) < 4.78 is 5.20. The molecular weight excluding hydrogens is 462 g/mol.